The van der Waals surface area contributed by atoms with Crippen molar-refractivity contribution in [3.63, 3.8) is 0 Å². The first kappa shape index (κ1) is 12.2. The first-order valence-corrected chi connectivity index (χ1v) is 5.66. The van der Waals surface area contributed by atoms with Crippen molar-refractivity contribution in [1.82, 2.24) is 9.97 Å². The van der Waals surface area contributed by atoms with Crippen LogP contribution in [0.25, 0.3) is 0 Å². The van der Waals surface area contributed by atoms with Gasteiger partial charge in [-0.3, -0.25) is 0 Å². The molecular formula is C13H16N4O. The second-order valence-corrected chi connectivity index (χ2v) is 3.82. The van der Waals surface area contributed by atoms with Gasteiger partial charge in [-0.05, 0) is 31.2 Å². The first-order chi connectivity index (χ1) is 8.71. The lowest BCUT2D eigenvalue weighted by atomic mass is 10.3. The van der Waals surface area contributed by atoms with Gasteiger partial charge >= 0.3 is 0 Å². The lowest BCUT2D eigenvalue weighted by molar-refractivity contribution is 0.415. The summed E-state index contributed by atoms with van der Waals surface area (Å²) in [6.07, 6.45) is 0. The molecule has 0 atom stereocenters. The molecule has 1 aromatic heterocycles. The molecule has 2 N–H and O–H groups in total. The summed E-state index contributed by atoms with van der Waals surface area (Å²) in [4.78, 5) is 8.56. The number of nitrogens with one attached hydrogen (secondary N) is 2. The van der Waals surface area contributed by atoms with Gasteiger partial charge in [-0.1, -0.05) is 0 Å². The van der Waals surface area contributed by atoms with E-state index in [2.05, 4.69) is 20.6 Å². The third-order valence-corrected chi connectivity index (χ3v) is 2.44. The first-order valence-electron chi connectivity index (χ1n) is 5.66. The Balaban J connectivity index is 2.19. The molecule has 0 fully saturated rings. The van der Waals surface area contributed by atoms with Gasteiger partial charge in [0.05, 0.1) is 7.11 Å². The molecule has 18 heavy (non-hydrogen) atoms. The number of hydrogen-bond acceptors (Lipinski definition) is 5. The average molecular weight is 244 g/mol. The van der Waals surface area contributed by atoms with Gasteiger partial charge in [0.1, 0.15) is 11.6 Å². The molecule has 1 aromatic carbocycles. The molecule has 2 rings (SSSR count). The topological polar surface area (TPSA) is 59.1 Å². The summed E-state index contributed by atoms with van der Waals surface area (Å²) in [5, 5.41) is 6.15. The molecule has 0 aliphatic heterocycles. The zero-order valence-corrected chi connectivity index (χ0v) is 10.7. The molecule has 0 aliphatic rings. The molecule has 0 aliphatic carbocycles. The third-order valence-electron chi connectivity index (χ3n) is 2.44. The predicted molar refractivity (Wildman–Crippen MR) is 72.6 cm³/mol. The Bertz CT molecular complexity index is 525. The fourth-order valence-electron chi connectivity index (χ4n) is 1.57. The highest BCUT2D eigenvalue weighted by Gasteiger charge is 2.01. The smallest absolute Gasteiger partial charge is 0.224 e. The van der Waals surface area contributed by atoms with E-state index in [0.717, 1.165) is 22.9 Å². The molecule has 0 radical (unpaired) electrons. The standard InChI is InChI=1S/C13H16N4O/c1-9-8-12(17-13(14-2)15-9)16-10-4-6-11(18-3)7-5-10/h4-8H,1-3H3,(H2,14,15,16,17). The Hall–Kier alpha value is -2.30. The summed E-state index contributed by atoms with van der Waals surface area (Å²) in [6.45, 7) is 1.93. The number of anilines is 3. The monoisotopic (exact) mass is 244 g/mol. The number of aromatic nitrogens is 2. The maximum atomic E-state index is 5.11. The quantitative estimate of drug-likeness (QED) is 0.865. The van der Waals surface area contributed by atoms with Gasteiger partial charge in [0, 0.05) is 24.5 Å². The summed E-state index contributed by atoms with van der Waals surface area (Å²) in [5.74, 6) is 2.19. The van der Waals surface area contributed by atoms with Gasteiger partial charge in [-0.15, -0.1) is 0 Å². The van der Waals surface area contributed by atoms with E-state index in [1.807, 2.05) is 37.3 Å². The maximum Gasteiger partial charge on any atom is 0.224 e. The van der Waals surface area contributed by atoms with Crippen LogP contribution in [0, 0.1) is 6.92 Å². The minimum absolute atomic E-state index is 0.603. The molecule has 1 heterocycles. The molecule has 2 aromatic rings. The summed E-state index contributed by atoms with van der Waals surface area (Å²) in [6, 6.07) is 9.57. The maximum absolute atomic E-state index is 5.11. The Morgan fingerprint density at radius 1 is 1.11 bits per heavy atom. The number of rotatable bonds is 4. The van der Waals surface area contributed by atoms with Crippen LogP contribution in [0.4, 0.5) is 17.5 Å². The molecule has 0 bridgehead atoms. The van der Waals surface area contributed by atoms with Gasteiger partial charge in [0.15, 0.2) is 0 Å². The molecule has 5 heteroatoms. The third kappa shape index (κ3) is 2.88. The van der Waals surface area contributed by atoms with Crippen LogP contribution in [0.2, 0.25) is 0 Å². The van der Waals surface area contributed by atoms with E-state index in [4.69, 9.17) is 4.74 Å². The summed E-state index contributed by atoms with van der Waals surface area (Å²) in [7, 11) is 3.45. The van der Waals surface area contributed by atoms with Crippen LogP contribution in [0.15, 0.2) is 30.3 Å². The molecule has 0 spiro atoms. The van der Waals surface area contributed by atoms with Crippen LogP contribution in [0.3, 0.4) is 0 Å². The number of methoxy groups -OCH3 is 1. The van der Waals surface area contributed by atoms with Crippen LogP contribution < -0.4 is 15.4 Å². The second kappa shape index (κ2) is 5.35. The minimum Gasteiger partial charge on any atom is -0.497 e. The SMILES string of the molecule is CNc1nc(C)cc(Nc2ccc(OC)cc2)n1. The number of nitrogens with zero attached hydrogens (tertiary/aromatic N) is 2. The molecule has 5 nitrogen and oxygen atoms in total. The minimum atomic E-state index is 0.603. The largest absolute Gasteiger partial charge is 0.497 e. The van der Waals surface area contributed by atoms with Crippen LogP contribution >= 0.6 is 0 Å². The van der Waals surface area contributed by atoms with Gasteiger partial charge in [-0.2, -0.15) is 4.98 Å². The molecule has 0 amide bonds. The van der Waals surface area contributed by atoms with E-state index in [9.17, 15) is 0 Å². The van der Waals surface area contributed by atoms with E-state index in [-0.39, 0.29) is 0 Å². The lowest BCUT2D eigenvalue weighted by Gasteiger charge is -2.08. The Kier molecular flexibility index (Phi) is 3.62. The number of benzene rings is 1. The zero-order valence-electron chi connectivity index (χ0n) is 10.7. The van der Waals surface area contributed by atoms with E-state index in [1.54, 1.807) is 14.2 Å². The fraction of sp³-hybridized carbons (Fsp3) is 0.231. The van der Waals surface area contributed by atoms with Crippen LogP contribution in [0.1, 0.15) is 5.69 Å². The van der Waals surface area contributed by atoms with Crippen molar-refractivity contribution >= 4 is 17.5 Å². The summed E-state index contributed by atoms with van der Waals surface area (Å²) >= 11 is 0. The lowest BCUT2D eigenvalue weighted by Crippen LogP contribution is -2.01. The van der Waals surface area contributed by atoms with Crippen LogP contribution in [-0.4, -0.2) is 24.1 Å². The molecule has 0 unspecified atom stereocenters. The van der Waals surface area contributed by atoms with E-state index < -0.39 is 0 Å². The van der Waals surface area contributed by atoms with E-state index in [1.165, 1.54) is 0 Å². The van der Waals surface area contributed by atoms with Gasteiger partial charge in [0.25, 0.3) is 0 Å². The Morgan fingerprint density at radius 2 is 1.83 bits per heavy atom. The number of aryl methyl sites for hydroxylation is 1. The van der Waals surface area contributed by atoms with Crippen molar-refractivity contribution in [2.75, 3.05) is 24.8 Å². The zero-order chi connectivity index (χ0) is 13.0. The average Bonchev–Trinajstić information content (AvgIpc) is 2.39. The highest BCUT2D eigenvalue weighted by Crippen LogP contribution is 2.19. The van der Waals surface area contributed by atoms with Crippen molar-refractivity contribution in [1.29, 1.82) is 0 Å². The number of hydrogen-bond donors (Lipinski definition) is 2. The van der Waals surface area contributed by atoms with Crippen molar-refractivity contribution in [3.8, 4) is 5.75 Å². The van der Waals surface area contributed by atoms with Gasteiger partial charge in [-0.25, -0.2) is 4.98 Å². The fourth-order valence-corrected chi connectivity index (χ4v) is 1.57. The second-order valence-electron chi connectivity index (χ2n) is 3.82. The summed E-state index contributed by atoms with van der Waals surface area (Å²) < 4.78 is 5.11. The molecule has 94 valence electrons. The van der Waals surface area contributed by atoms with Gasteiger partial charge in [0.2, 0.25) is 5.95 Å². The Morgan fingerprint density at radius 3 is 2.44 bits per heavy atom. The highest BCUT2D eigenvalue weighted by molar-refractivity contribution is 5.58. The normalized spacial score (nSPS) is 9.94. The molecular weight excluding hydrogens is 228 g/mol. The number of ether oxygens (including phenoxy) is 1. The van der Waals surface area contributed by atoms with Crippen molar-refractivity contribution in [2.24, 2.45) is 0 Å². The van der Waals surface area contributed by atoms with Crippen molar-refractivity contribution < 1.29 is 4.74 Å². The van der Waals surface area contributed by atoms with Crippen LogP contribution in [0.5, 0.6) is 5.75 Å². The molecule has 0 saturated carbocycles. The van der Waals surface area contributed by atoms with E-state index >= 15 is 0 Å². The van der Waals surface area contributed by atoms with Crippen molar-refractivity contribution in [3.05, 3.63) is 36.0 Å². The van der Waals surface area contributed by atoms with Crippen molar-refractivity contribution in [2.45, 2.75) is 6.92 Å². The summed E-state index contributed by atoms with van der Waals surface area (Å²) in [5.41, 5.74) is 1.86. The van der Waals surface area contributed by atoms with E-state index in [0.29, 0.717) is 5.95 Å². The van der Waals surface area contributed by atoms with Gasteiger partial charge < -0.3 is 15.4 Å². The Labute approximate surface area is 106 Å². The highest BCUT2D eigenvalue weighted by atomic mass is 16.5. The van der Waals surface area contributed by atoms with Crippen LogP contribution in [-0.2, 0) is 0 Å². The molecule has 0 saturated heterocycles. The predicted octanol–water partition coefficient (Wildman–Crippen LogP) is 2.58.